The quantitative estimate of drug-likeness (QED) is 0.494. The fourth-order valence-electron chi connectivity index (χ4n) is 5.66. The van der Waals surface area contributed by atoms with Crippen molar-refractivity contribution in [3.63, 3.8) is 0 Å². The number of fused-ring (bicyclic) bond motifs is 1. The first-order chi connectivity index (χ1) is 17.1. The first kappa shape index (κ1) is 23.8. The zero-order valence-electron chi connectivity index (χ0n) is 20.8. The molecule has 5 rings (SSSR count). The number of piperidine rings is 1. The summed E-state index contributed by atoms with van der Waals surface area (Å²) in [5, 5.41) is 5.91. The summed E-state index contributed by atoms with van der Waals surface area (Å²) in [4.78, 5) is 20.1. The molecule has 0 radical (unpaired) electrons. The maximum atomic E-state index is 13.3. The van der Waals surface area contributed by atoms with E-state index in [1.165, 1.54) is 35.6 Å². The minimum Gasteiger partial charge on any atom is -0.492 e. The smallest absolute Gasteiger partial charge is 0.224 e. The van der Waals surface area contributed by atoms with E-state index in [0.717, 1.165) is 50.3 Å². The van der Waals surface area contributed by atoms with Gasteiger partial charge in [0.2, 0.25) is 5.91 Å². The largest absolute Gasteiger partial charge is 0.492 e. The van der Waals surface area contributed by atoms with Crippen LogP contribution in [0.1, 0.15) is 49.8 Å². The molecular weight excluding hydrogens is 434 g/mol. The Labute approximate surface area is 208 Å². The van der Waals surface area contributed by atoms with Crippen molar-refractivity contribution in [1.29, 1.82) is 0 Å². The molecule has 184 valence electrons. The Bertz CT molecular complexity index is 1120. The van der Waals surface area contributed by atoms with E-state index in [2.05, 4.69) is 57.7 Å². The van der Waals surface area contributed by atoms with Gasteiger partial charge in [-0.25, -0.2) is 0 Å². The minimum absolute atomic E-state index is 0.00382. The third-order valence-electron chi connectivity index (χ3n) is 7.53. The van der Waals surface area contributed by atoms with Gasteiger partial charge in [-0.15, -0.1) is 0 Å². The molecule has 0 spiro atoms. The molecule has 5 heteroatoms. The van der Waals surface area contributed by atoms with E-state index < -0.39 is 0 Å². The molecule has 5 nitrogen and oxygen atoms in total. The van der Waals surface area contributed by atoms with Crippen molar-refractivity contribution in [2.45, 2.75) is 58.0 Å². The summed E-state index contributed by atoms with van der Waals surface area (Å²) in [7, 11) is 0. The van der Waals surface area contributed by atoms with Gasteiger partial charge in [0, 0.05) is 37.3 Å². The van der Waals surface area contributed by atoms with Crippen LogP contribution >= 0.6 is 0 Å². The summed E-state index contributed by atoms with van der Waals surface area (Å²) in [5.74, 6) is 1.32. The monoisotopic (exact) mass is 471 g/mol. The van der Waals surface area contributed by atoms with Crippen molar-refractivity contribution in [2.75, 3.05) is 19.7 Å². The predicted octanol–water partition coefficient (Wildman–Crippen LogP) is 5.51. The minimum atomic E-state index is -0.00382. The number of amides is 1. The van der Waals surface area contributed by atoms with Gasteiger partial charge in [0.05, 0.1) is 18.7 Å². The van der Waals surface area contributed by atoms with Crippen LogP contribution in [-0.2, 0) is 11.3 Å². The van der Waals surface area contributed by atoms with Crippen LogP contribution in [0.4, 0.5) is 0 Å². The maximum absolute atomic E-state index is 13.3. The van der Waals surface area contributed by atoms with Crippen LogP contribution in [0, 0.1) is 18.8 Å². The number of pyridine rings is 1. The highest BCUT2D eigenvalue weighted by atomic mass is 16.5. The van der Waals surface area contributed by atoms with E-state index in [1.54, 1.807) is 6.20 Å². The molecule has 1 amide bonds. The molecule has 1 saturated heterocycles. The molecule has 1 saturated carbocycles. The van der Waals surface area contributed by atoms with Gasteiger partial charge in [-0.05, 0) is 60.7 Å². The molecule has 3 aromatic rings. The molecule has 2 aromatic carbocycles. The number of carbonyl (C=O) groups is 1. The molecule has 1 N–H and O–H groups in total. The number of likely N-dealkylation sites (tertiary alicyclic amines) is 1. The molecule has 1 aromatic heterocycles. The lowest BCUT2D eigenvalue weighted by Crippen LogP contribution is -2.49. The van der Waals surface area contributed by atoms with Gasteiger partial charge in [0.25, 0.3) is 0 Å². The van der Waals surface area contributed by atoms with Gasteiger partial charge in [-0.1, -0.05) is 55.7 Å². The topological polar surface area (TPSA) is 54.5 Å². The lowest BCUT2D eigenvalue weighted by Gasteiger charge is -2.38. The Morgan fingerprint density at radius 1 is 1.03 bits per heavy atom. The number of ether oxygens (including phenoxy) is 1. The summed E-state index contributed by atoms with van der Waals surface area (Å²) in [6.07, 6.45) is 8.64. The summed E-state index contributed by atoms with van der Waals surface area (Å²) >= 11 is 0. The van der Waals surface area contributed by atoms with Gasteiger partial charge in [0.1, 0.15) is 5.75 Å². The Morgan fingerprint density at radius 2 is 1.86 bits per heavy atom. The summed E-state index contributed by atoms with van der Waals surface area (Å²) in [6, 6.07) is 19.5. The summed E-state index contributed by atoms with van der Waals surface area (Å²) < 4.78 is 6.11. The molecule has 2 aliphatic rings. The van der Waals surface area contributed by atoms with Gasteiger partial charge in [0.15, 0.2) is 0 Å². The summed E-state index contributed by atoms with van der Waals surface area (Å²) in [5.41, 5.74) is 2.27. The van der Waals surface area contributed by atoms with Crippen molar-refractivity contribution < 1.29 is 9.53 Å². The highest BCUT2D eigenvalue weighted by Gasteiger charge is 2.33. The van der Waals surface area contributed by atoms with Crippen molar-refractivity contribution in [3.05, 3.63) is 72.1 Å². The van der Waals surface area contributed by atoms with Crippen LogP contribution in [-0.4, -0.2) is 41.5 Å². The van der Waals surface area contributed by atoms with Crippen LogP contribution in [0.5, 0.6) is 5.75 Å². The number of rotatable bonds is 7. The fourth-order valence-corrected chi connectivity index (χ4v) is 5.66. The number of carbonyl (C=O) groups excluding carboxylic acids is 1. The first-order valence-corrected chi connectivity index (χ1v) is 13.2. The second-order valence-electron chi connectivity index (χ2n) is 10.5. The molecule has 1 aliphatic heterocycles. The third-order valence-corrected chi connectivity index (χ3v) is 7.53. The lowest BCUT2D eigenvalue weighted by atomic mass is 9.87. The average molecular weight is 472 g/mol. The predicted molar refractivity (Wildman–Crippen MR) is 140 cm³/mol. The third kappa shape index (κ3) is 6.40. The lowest BCUT2D eigenvalue weighted by molar-refractivity contribution is -0.128. The number of aromatic nitrogens is 1. The Balaban J connectivity index is 1.27. The Morgan fingerprint density at radius 3 is 2.66 bits per heavy atom. The molecular formula is C30H37N3O2. The molecule has 1 aliphatic carbocycles. The Hall–Kier alpha value is -2.92. The van der Waals surface area contributed by atoms with E-state index in [9.17, 15) is 4.79 Å². The van der Waals surface area contributed by atoms with Crippen LogP contribution in [0.3, 0.4) is 0 Å². The van der Waals surface area contributed by atoms with Gasteiger partial charge in [-0.3, -0.25) is 14.7 Å². The molecule has 2 fully saturated rings. The molecule has 2 atom stereocenters. The van der Waals surface area contributed by atoms with E-state index >= 15 is 0 Å². The first-order valence-electron chi connectivity index (χ1n) is 13.2. The van der Waals surface area contributed by atoms with Gasteiger partial charge < -0.3 is 10.1 Å². The second kappa shape index (κ2) is 11.2. The van der Waals surface area contributed by atoms with E-state index in [4.69, 9.17) is 4.74 Å². The number of hydrogen-bond acceptors (Lipinski definition) is 4. The van der Waals surface area contributed by atoms with Crippen LogP contribution in [0.15, 0.2) is 60.8 Å². The number of hydrogen-bond donors (Lipinski definition) is 1. The summed E-state index contributed by atoms with van der Waals surface area (Å²) in [6.45, 7) is 5.16. The number of aryl methyl sites for hydroxylation is 1. The molecule has 0 unspecified atom stereocenters. The van der Waals surface area contributed by atoms with Crippen LogP contribution < -0.4 is 10.1 Å². The second-order valence-corrected chi connectivity index (χ2v) is 10.5. The van der Waals surface area contributed by atoms with Crippen LogP contribution in [0.2, 0.25) is 0 Å². The SMILES string of the molecule is Cc1ccc(OC[C@H]2C[C@@H](C(=O)NC3CCCCC3)CN(Cc3ccc4ccccc4c3)C2)cn1. The standard InChI is InChI=1S/C30H37N3O2/c1-22-11-14-29(17-31-22)35-21-24-16-27(30(34)32-28-9-3-2-4-10-28)20-33(19-24)18-23-12-13-25-7-5-6-8-26(25)15-23/h5-8,11-15,17,24,27-28H,2-4,9-10,16,18-21H2,1H3,(H,32,34)/t24-,27+/m0/s1. The van der Waals surface area contributed by atoms with Crippen molar-refractivity contribution in [3.8, 4) is 5.75 Å². The normalized spacial score (nSPS) is 21.6. The van der Waals surface area contributed by atoms with E-state index in [-0.39, 0.29) is 11.8 Å². The van der Waals surface area contributed by atoms with Crippen LogP contribution in [0.25, 0.3) is 10.8 Å². The maximum Gasteiger partial charge on any atom is 0.224 e. The number of nitrogens with one attached hydrogen (secondary N) is 1. The highest BCUT2D eigenvalue weighted by molar-refractivity contribution is 5.83. The van der Waals surface area contributed by atoms with Gasteiger partial charge in [-0.2, -0.15) is 0 Å². The Kier molecular flexibility index (Phi) is 7.63. The zero-order chi connectivity index (χ0) is 24.0. The van der Waals surface area contributed by atoms with Crippen molar-refractivity contribution in [1.82, 2.24) is 15.2 Å². The van der Waals surface area contributed by atoms with Crippen molar-refractivity contribution >= 4 is 16.7 Å². The highest BCUT2D eigenvalue weighted by Crippen LogP contribution is 2.27. The molecule has 0 bridgehead atoms. The van der Waals surface area contributed by atoms with E-state index in [1.807, 2.05) is 19.1 Å². The zero-order valence-corrected chi connectivity index (χ0v) is 20.8. The number of nitrogens with zero attached hydrogens (tertiary/aromatic N) is 2. The number of benzene rings is 2. The molecule has 35 heavy (non-hydrogen) atoms. The average Bonchev–Trinajstić information content (AvgIpc) is 2.89. The van der Waals surface area contributed by atoms with Crippen molar-refractivity contribution in [2.24, 2.45) is 11.8 Å². The molecule has 2 heterocycles. The van der Waals surface area contributed by atoms with E-state index in [0.29, 0.717) is 18.6 Å². The van der Waals surface area contributed by atoms with Gasteiger partial charge >= 0.3 is 0 Å². The fraction of sp³-hybridized carbons (Fsp3) is 0.467.